The fourth-order valence-corrected chi connectivity index (χ4v) is 3.77. The van der Waals surface area contributed by atoms with Crippen molar-refractivity contribution in [3.05, 3.63) is 34.1 Å². The third kappa shape index (κ3) is 4.36. The summed E-state index contributed by atoms with van der Waals surface area (Å²) in [5, 5.41) is 13.7. The highest BCUT2D eigenvalue weighted by Gasteiger charge is 2.23. The van der Waals surface area contributed by atoms with Gasteiger partial charge in [0.1, 0.15) is 5.82 Å². The van der Waals surface area contributed by atoms with Crippen molar-refractivity contribution in [2.45, 2.75) is 12.8 Å². The fourth-order valence-electron chi connectivity index (χ4n) is 2.29. The Morgan fingerprint density at radius 3 is 2.86 bits per heavy atom. The smallest absolute Gasteiger partial charge is 0.271 e. The lowest BCUT2D eigenvalue weighted by Gasteiger charge is -2.22. The van der Waals surface area contributed by atoms with E-state index in [1.165, 1.54) is 0 Å². The number of piperidine rings is 1. The van der Waals surface area contributed by atoms with Crippen LogP contribution < -0.4 is 10.0 Å². The van der Waals surface area contributed by atoms with Crippen LogP contribution in [-0.4, -0.2) is 32.2 Å². The molecule has 21 heavy (non-hydrogen) atoms. The first kappa shape index (κ1) is 15.6. The van der Waals surface area contributed by atoms with Crippen LogP contribution in [0.3, 0.4) is 0 Å². The molecule has 1 fully saturated rings. The van der Waals surface area contributed by atoms with Crippen LogP contribution in [0.25, 0.3) is 0 Å². The van der Waals surface area contributed by atoms with Gasteiger partial charge in [0.05, 0.1) is 16.4 Å². The molecule has 1 aromatic carbocycles. The molecule has 0 radical (unpaired) electrons. The van der Waals surface area contributed by atoms with E-state index < -0.39 is 26.5 Å². The molecule has 7 nitrogen and oxygen atoms in total. The number of hydrogen-bond acceptors (Lipinski definition) is 5. The Hall–Kier alpha value is -1.74. The van der Waals surface area contributed by atoms with E-state index in [4.69, 9.17) is 0 Å². The SMILES string of the molecule is O=[N+]([O-])c1ccc(F)c(NS(=O)(=O)CC2CCCNC2)c1. The van der Waals surface area contributed by atoms with Gasteiger partial charge < -0.3 is 5.32 Å². The maximum absolute atomic E-state index is 13.6. The van der Waals surface area contributed by atoms with Crippen molar-refractivity contribution in [1.82, 2.24) is 5.32 Å². The van der Waals surface area contributed by atoms with Crippen molar-refractivity contribution in [1.29, 1.82) is 0 Å². The van der Waals surface area contributed by atoms with Crippen LogP contribution in [0.1, 0.15) is 12.8 Å². The van der Waals surface area contributed by atoms with Crippen LogP contribution in [0.4, 0.5) is 15.8 Å². The standard InChI is InChI=1S/C12H16FN3O4S/c13-11-4-3-10(16(17)18)6-12(11)15-21(19,20)8-9-2-1-5-14-7-9/h3-4,6,9,14-15H,1-2,5,7-8H2. The van der Waals surface area contributed by atoms with Gasteiger partial charge in [0, 0.05) is 12.1 Å². The summed E-state index contributed by atoms with van der Waals surface area (Å²) in [6.45, 7) is 1.46. The van der Waals surface area contributed by atoms with Crippen molar-refractivity contribution >= 4 is 21.4 Å². The molecular formula is C12H16FN3O4S. The molecule has 0 spiro atoms. The van der Waals surface area contributed by atoms with Gasteiger partial charge in [0.25, 0.3) is 5.69 Å². The first-order chi connectivity index (χ1) is 9.87. The van der Waals surface area contributed by atoms with Crippen LogP contribution in [0.2, 0.25) is 0 Å². The zero-order valence-electron chi connectivity index (χ0n) is 11.2. The molecule has 1 saturated heterocycles. The molecule has 1 aliphatic heterocycles. The number of benzene rings is 1. The Bertz CT molecular complexity index is 629. The molecule has 116 valence electrons. The van der Waals surface area contributed by atoms with Crippen LogP contribution in [0.5, 0.6) is 0 Å². The summed E-state index contributed by atoms with van der Waals surface area (Å²) in [7, 11) is -3.75. The van der Waals surface area contributed by atoms with Gasteiger partial charge in [-0.25, -0.2) is 12.8 Å². The number of nitro groups is 1. The summed E-state index contributed by atoms with van der Waals surface area (Å²) in [6.07, 6.45) is 1.68. The third-order valence-corrected chi connectivity index (χ3v) is 4.72. The molecule has 1 aliphatic rings. The van der Waals surface area contributed by atoms with Gasteiger partial charge in [-0.15, -0.1) is 0 Å². The molecule has 1 heterocycles. The average Bonchev–Trinajstić information content (AvgIpc) is 2.41. The molecular weight excluding hydrogens is 301 g/mol. The lowest BCUT2D eigenvalue weighted by Crippen LogP contribution is -2.35. The predicted molar refractivity (Wildman–Crippen MR) is 76.1 cm³/mol. The Balaban J connectivity index is 2.12. The Morgan fingerprint density at radius 1 is 1.48 bits per heavy atom. The van der Waals surface area contributed by atoms with E-state index in [-0.39, 0.29) is 17.4 Å². The molecule has 0 amide bonds. The Labute approximate surface area is 121 Å². The van der Waals surface area contributed by atoms with E-state index in [0.29, 0.717) is 6.54 Å². The maximum atomic E-state index is 13.6. The van der Waals surface area contributed by atoms with Gasteiger partial charge in [0.15, 0.2) is 0 Å². The highest BCUT2D eigenvalue weighted by Crippen LogP contribution is 2.23. The normalized spacial score (nSPS) is 19.2. The summed E-state index contributed by atoms with van der Waals surface area (Å²) >= 11 is 0. The van der Waals surface area contributed by atoms with Crippen molar-refractivity contribution < 1.29 is 17.7 Å². The molecule has 2 rings (SSSR count). The highest BCUT2D eigenvalue weighted by atomic mass is 32.2. The van der Waals surface area contributed by atoms with E-state index in [0.717, 1.165) is 37.6 Å². The molecule has 0 saturated carbocycles. The molecule has 0 aliphatic carbocycles. The second-order valence-electron chi connectivity index (χ2n) is 5.02. The molecule has 1 aromatic rings. The number of nitrogens with zero attached hydrogens (tertiary/aromatic N) is 1. The van der Waals surface area contributed by atoms with E-state index in [1.54, 1.807) is 0 Å². The van der Waals surface area contributed by atoms with Gasteiger partial charge >= 0.3 is 0 Å². The molecule has 9 heteroatoms. The first-order valence-corrected chi connectivity index (χ1v) is 8.18. The van der Waals surface area contributed by atoms with Gasteiger partial charge in [-0.3, -0.25) is 14.8 Å². The lowest BCUT2D eigenvalue weighted by molar-refractivity contribution is -0.384. The monoisotopic (exact) mass is 317 g/mol. The number of rotatable bonds is 5. The summed E-state index contributed by atoms with van der Waals surface area (Å²) in [4.78, 5) is 9.94. The van der Waals surface area contributed by atoms with E-state index in [2.05, 4.69) is 10.0 Å². The predicted octanol–water partition coefficient (Wildman–Crippen LogP) is 1.48. The van der Waals surface area contributed by atoms with Crippen molar-refractivity contribution in [3.63, 3.8) is 0 Å². The van der Waals surface area contributed by atoms with Crippen LogP contribution in [0, 0.1) is 21.8 Å². The van der Waals surface area contributed by atoms with E-state index >= 15 is 0 Å². The molecule has 1 unspecified atom stereocenters. The van der Waals surface area contributed by atoms with Crippen LogP contribution in [0.15, 0.2) is 18.2 Å². The molecule has 0 aromatic heterocycles. The second kappa shape index (κ2) is 6.35. The van der Waals surface area contributed by atoms with Gasteiger partial charge in [-0.2, -0.15) is 0 Å². The van der Waals surface area contributed by atoms with Crippen LogP contribution >= 0.6 is 0 Å². The summed E-state index contributed by atoms with van der Waals surface area (Å²) in [5.41, 5.74) is -0.763. The zero-order valence-corrected chi connectivity index (χ0v) is 12.0. The fraction of sp³-hybridized carbons (Fsp3) is 0.500. The zero-order chi connectivity index (χ0) is 15.5. The first-order valence-electron chi connectivity index (χ1n) is 6.52. The van der Waals surface area contributed by atoms with Gasteiger partial charge in [0.2, 0.25) is 10.0 Å². The number of sulfonamides is 1. The van der Waals surface area contributed by atoms with Crippen LogP contribution in [-0.2, 0) is 10.0 Å². The Kier molecular flexibility index (Phi) is 4.73. The number of non-ortho nitro benzene ring substituents is 1. The van der Waals surface area contributed by atoms with Crippen molar-refractivity contribution in [3.8, 4) is 0 Å². The largest absolute Gasteiger partial charge is 0.316 e. The summed E-state index contributed by atoms with van der Waals surface area (Å²) < 4.78 is 39.7. The Morgan fingerprint density at radius 2 is 2.24 bits per heavy atom. The van der Waals surface area contributed by atoms with E-state index in [9.17, 15) is 22.9 Å². The minimum atomic E-state index is -3.75. The van der Waals surface area contributed by atoms with Gasteiger partial charge in [-0.1, -0.05) is 0 Å². The third-order valence-electron chi connectivity index (χ3n) is 3.28. The van der Waals surface area contributed by atoms with E-state index in [1.807, 2.05) is 0 Å². The molecule has 1 atom stereocenters. The number of nitro benzene ring substituents is 1. The molecule has 0 bridgehead atoms. The summed E-state index contributed by atoms with van der Waals surface area (Å²) in [6, 6.07) is 2.74. The number of nitrogens with one attached hydrogen (secondary N) is 2. The summed E-state index contributed by atoms with van der Waals surface area (Å²) in [5.74, 6) is -1.02. The maximum Gasteiger partial charge on any atom is 0.271 e. The second-order valence-corrected chi connectivity index (χ2v) is 6.78. The van der Waals surface area contributed by atoms with Crippen molar-refractivity contribution in [2.24, 2.45) is 5.92 Å². The highest BCUT2D eigenvalue weighted by molar-refractivity contribution is 7.92. The van der Waals surface area contributed by atoms with Gasteiger partial charge in [-0.05, 0) is 37.9 Å². The average molecular weight is 317 g/mol. The number of anilines is 1. The van der Waals surface area contributed by atoms with Crippen molar-refractivity contribution in [2.75, 3.05) is 23.6 Å². The minimum absolute atomic E-state index is 0.0435. The number of halogens is 1. The quantitative estimate of drug-likeness (QED) is 0.632. The minimum Gasteiger partial charge on any atom is -0.316 e. The molecule has 2 N–H and O–H groups in total. The topological polar surface area (TPSA) is 101 Å². The lowest BCUT2D eigenvalue weighted by atomic mass is 10.0. The number of hydrogen-bond donors (Lipinski definition) is 2.